The molecule has 1 heterocycles. The van der Waals surface area contributed by atoms with E-state index >= 15 is 0 Å². The molecule has 3 aromatic rings. The Bertz CT molecular complexity index is 1350. The Labute approximate surface area is 219 Å². The van der Waals surface area contributed by atoms with Crippen LogP contribution >= 0.6 is 0 Å². The van der Waals surface area contributed by atoms with E-state index in [2.05, 4.69) is 52.3 Å². The molecule has 1 aliphatic heterocycles. The molecular formula is C31H31N5O. The van der Waals surface area contributed by atoms with Crippen molar-refractivity contribution in [1.29, 1.82) is 10.5 Å². The van der Waals surface area contributed by atoms with Crippen LogP contribution in [0.15, 0.2) is 72.8 Å². The summed E-state index contributed by atoms with van der Waals surface area (Å²) in [5.41, 5.74) is 5.32. The molecule has 186 valence electrons. The second kappa shape index (κ2) is 10.6. The van der Waals surface area contributed by atoms with E-state index in [0.29, 0.717) is 17.7 Å². The lowest BCUT2D eigenvalue weighted by molar-refractivity contribution is -0.145. The Morgan fingerprint density at radius 1 is 0.838 bits per heavy atom. The van der Waals surface area contributed by atoms with Crippen LogP contribution < -0.4 is 0 Å². The van der Waals surface area contributed by atoms with Crippen molar-refractivity contribution < 1.29 is 4.79 Å². The van der Waals surface area contributed by atoms with Crippen molar-refractivity contribution in [2.45, 2.75) is 31.5 Å². The maximum absolute atomic E-state index is 14.2. The number of likely N-dealkylation sites (N-methyl/N-ethyl adjacent to an activating group) is 1. The number of benzene rings is 3. The Morgan fingerprint density at radius 2 is 1.41 bits per heavy atom. The second-order valence-electron chi connectivity index (χ2n) is 10.2. The molecule has 37 heavy (non-hydrogen) atoms. The Kier molecular flexibility index (Phi) is 7.06. The van der Waals surface area contributed by atoms with Gasteiger partial charge in [0.25, 0.3) is 0 Å². The van der Waals surface area contributed by atoms with Crippen molar-refractivity contribution in [3.05, 3.63) is 106 Å². The minimum Gasteiger partial charge on any atom is -0.340 e. The summed E-state index contributed by atoms with van der Waals surface area (Å²) in [5.74, 6) is 0.140. The van der Waals surface area contributed by atoms with Gasteiger partial charge in [-0.25, -0.2) is 0 Å². The fraction of sp³-hybridized carbons (Fsp3) is 0.323. The Hall–Kier alpha value is -3.97. The molecule has 0 atom stereocenters. The summed E-state index contributed by atoms with van der Waals surface area (Å²) in [6.45, 7) is 4.65. The van der Waals surface area contributed by atoms with Gasteiger partial charge in [-0.1, -0.05) is 48.5 Å². The molecule has 0 aromatic heterocycles. The van der Waals surface area contributed by atoms with Crippen LogP contribution in [-0.2, 0) is 30.7 Å². The van der Waals surface area contributed by atoms with Gasteiger partial charge in [0.15, 0.2) is 0 Å². The molecule has 6 nitrogen and oxygen atoms in total. The van der Waals surface area contributed by atoms with Gasteiger partial charge in [-0.05, 0) is 46.5 Å². The topological polar surface area (TPSA) is 74.4 Å². The van der Waals surface area contributed by atoms with E-state index in [1.807, 2.05) is 48.3 Å². The summed E-state index contributed by atoms with van der Waals surface area (Å²) in [7, 11) is 1.88. The molecule has 1 amide bonds. The zero-order valence-corrected chi connectivity index (χ0v) is 21.2. The lowest BCUT2D eigenvalue weighted by Gasteiger charge is -2.46. The number of nitrogens with zero attached hydrogens (tertiary/aromatic N) is 5. The fourth-order valence-electron chi connectivity index (χ4n) is 5.88. The maximum Gasteiger partial charge on any atom is 0.243 e. The van der Waals surface area contributed by atoms with E-state index in [1.165, 1.54) is 11.1 Å². The van der Waals surface area contributed by atoms with Gasteiger partial charge in [-0.3, -0.25) is 14.6 Å². The number of carbonyl (C=O) groups is 1. The van der Waals surface area contributed by atoms with Gasteiger partial charge < -0.3 is 4.90 Å². The van der Waals surface area contributed by atoms with Crippen LogP contribution in [0.3, 0.4) is 0 Å². The minimum atomic E-state index is -0.599. The maximum atomic E-state index is 14.2. The third-order valence-corrected chi connectivity index (χ3v) is 7.74. The van der Waals surface area contributed by atoms with Gasteiger partial charge in [0.1, 0.15) is 5.54 Å². The van der Waals surface area contributed by atoms with Crippen LogP contribution in [0, 0.1) is 22.7 Å². The van der Waals surface area contributed by atoms with Gasteiger partial charge in [-0.15, -0.1) is 0 Å². The standard InChI is InChI=1S/C31H31N5O/c1-34(22-26-8-4-6-24(16-26)20-32)30(37)31(18-28-10-2-3-11-29(28)19-31)36-14-12-35(13-15-36)23-27-9-5-7-25(17-27)21-33/h2-11,16-17H,12-15,18-19,22-23H2,1H3. The molecule has 6 heteroatoms. The van der Waals surface area contributed by atoms with Crippen molar-refractivity contribution in [2.75, 3.05) is 33.2 Å². The summed E-state index contributed by atoms with van der Waals surface area (Å²) in [5, 5.41) is 18.5. The van der Waals surface area contributed by atoms with E-state index in [9.17, 15) is 15.3 Å². The van der Waals surface area contributed by atoms with E-state index < -0.39 is 5.54 Å². The minimum absolute atomic E-state index is 0.140. The van der Waals surface area contributed by atoms with Gasteiger partial charge >= 0.3 is 0 Å². The molecule has 2 aliphatic rings. The lowest BCUT2D eigenvalue weighted by Crippen LogP contribution is -2.64. The van der Waals surface area contributed by atoms with E-state index in [-0.39, 0.29) is 5.91 Å². The van der Waals surface area contributed by atoms with Crippen molar-refractivity contribution in [1.82, 2.24) is 14.7 Å². The van der Waals surface area contributed by atoms with Crippen LogP contribution in [0.1, 0.15) is 33.4 Å². The highest BCUT2D eigenvalue weighted by Gasteiger charge is 2.50. The van der Waals surface area contributed by atoms with Crippen molar-refractivity contribution in [3.8, 4) is 12.1 Å². The number of carbonyl (C=O) groups excluding carboxylic acids is 1. The Balaban J connectivity index is 1.33. The number of rotatable bonds is 6. The molecule has 0 radical (unpaired) electrons. The molecule has 1 fully saturated rings. The first-order valence-electron chi connectivity index (χ1n) is 12.8. The number of amides is 1. The zero-order valence-electron chi connectivity index (χ0n) is 21.2. The first-order chi connectivity index (χ1) is 18.0. The SMILES string of the molecule is CN(Cc1cccc(C#N)c1)C(=O)C1(N2CCN(Cc3cccc(C#N)c3)CC2)Cc2ccccc2C1. The van der Waals surface area contributed by atoms with Crippen LogP contribution in [0.4, 0.5) is 0 Å². The summed E-state index contributed by atoms with van der Waals surface area (Å²) < 4.78 is 0. The van der Waals surface area contributed by atoms with Gasteiger partial charge in [0.2, 0.25) is 5.91 Å². The number of hydrogen-bond acceptors (Lipinski definition) is 5. The summed E-state index contributed by atoms with van der Waals surface area (Å²) in [6.07, 6.45) is 1.43. The van der Waals surface area contributed by atoms with Crippen molar-refractivity contribution >= 4 is 5.91 Å². The molecule has 0 N–H and O–H groups in total. The molecule has 0 spiro atoms. The van der Waals surface area contributed by atoms with Gasteiger partial charge in [0.05, 0.1) is 23.3 Å². The molecule has 1 saturated heterocycles. The highest BCUT2D eigenvalue weighted by molar-refractivity contribution is 5.88. The zero-order chi connectivity index (χ0) is 25.8. The largest absolute Gasteiger partial charge is 0.340 e. The first-order valence-corrected chi connectivity index (χ1v) is 12.8. The third-order valence-electron chi connectivity index (χ3n) is 7.74. The van der Waals surface area contributed by atoms with E-state index in [1.54, 1.807) is 6.07 Å². The molecule has 5 rings (SSSR count). The Morgan fingerprint density at radius 3 is 2.00 bits per heavy atom. The molecule has 1 aliphatic carbocycles. The quantitative estimate of drug-likeness (QED) is 0.527. The lowest BCUT2D eigenvalue weighted by atomic mass is 9.90. The number of hydrogen-bond donors (Lipinski definition) is 0. The average Bonchev–Trinajstić information content (AvgIpc) is 3.34. The normalized spacial score (nSPS) is 16.9. The summed E-state index contributed by atoms with van der Waals surface area (Å²) in [4.78, 5) is 20.9. The highest BCUT2D eigenvalue weighted by Crippen LogP contribution is 2.37. The predicted molar refractivity (Wildman–Crippen MR) is 142 cm³/mol. The summed E-state index contributed by atoms with van der Waals surface area (Å²) >= 11 is 0. The first kappa shape index (κ1) is 24.7. The van der Waals surface area contributed by atoms with Crippen LogP contribution in [-0.4, -0.2) is 59.4 Å². The molecule has 0 saturated carbocycles. The fourth-order valence-corrected chi connectivity index (χ4v) is 5.88. The number of piperazine rings is 1. The van der Waals surface area contributed by atoms with Gasteiger partial charge in [-0.2, -0.15) is 10.5 Å². The van der Waals surface area contributed by atoms with Crippen LogP contribution in [0.5, 0.6) is 0 Å². The number of nitriles is 2. The molecular weight excluding hydrogens is 458 g/mol. The van der Waals surface area contributed by atoms with Crippen molar-refractivity contribution in [3.63, 3.8) is 0 Å². The smallest absolute Gasteiger partial charge is 0.243 e. The highest BCUT2D eigenvalue weighted by atomic mass is 16.2. The number of fused-ring (bicyclic) bond motifs is 1. The monoisotopic (exact) mass is 489 g/mol. The van der Waals surface area contributed by atoms with Crippen molar-refractivity contribution in [2.24, 2.45) is 0 Å². The average molecular weight is 490 g/mol. The molecule has 0 unspecified atom stereocenters. The summed E-state index contributed by atoms with van der Waals surface area (Å²) in [6, 6.07) is 28.1. The van der Waals surface area contributed by atoms with E-state index in [0.717, 1.165) is 56.7 Å². The third kappa shape index (κ3) is 5.13. The molecule has 3 aromatic carbocycles. The van der Waals surface area contributed by atoms with Crippen LogP contribution in [0.2, 0.25) is 0 Å². The predicted octanol–water partition coefficient (Wildman–Crippen LogP) is 3.74. The van der Waals surface area contributed by atoms with Crippen LogP contribution in [0.25, 0.3) is 0 Å². The van der Waals surface area contributed by atoms with Gasteiger partial charge in [0, 0.05) is 59.2 Å². The molecule has 0 bridgehead atoms. The van der Waals surface area contributed by atoms with E-state index in [4.69, 9.17) is 0 Å². The second-order valence-corrected chi connectivity index (χ2v) is 10.2.